The second-order valence-corrected chi connectivity index (χ2v) is 4.57. The van der Waals surface area contributed by atoms with E-state index < -0.39 is 0 Å². The van der Waals surface area contributed by atoms with Crippen LogP contribution in [0.4, 0.5) is 4.39 Å². The van der Waals surface area contributed by atoms with Crippen molar-refractivity contribution in [2.24, 2.45) is 0 Å². The lowest BCUT2D eigenvalue weighted by Gasteiger charge is -2.20. The van der Waals surface area contributed by atoms with E-state index in [-0.39, 0.29) is 6.67 Å². The van der Waals surface area contributed by atoms with Crippen LogP contribution in [-0.4, -0.2) is 30.2 Å². The van der Waals surface area contributed by atoms with Gasteiger partial charge in [0.1, 0.15) is 12.4 Å². The highest BCUT2D eigenvalue weighted by molar-refractivity contribution is 5.27. The summed E-state index contributed by atoms with van der Waals surface area (Å²) in [6.07, 6.45) is 1.76. The van der Waals surface area contributed by atoms with Crippen molar-refractivity contribution < 1.29 is 9.13 Å². The van der Waals surface area contributed by atoms with Gasteiger partial charge in [0, 0.05) is 25.8 Å². The zero-order valence-electron chi connectivity index (χ0n) is 11.6. The zero-order chi connectivity index (χ0) is 14.2. The number of hydrogen-bond donors (Lipinski definition) is 0. The quantitative estimate of drug-likeness (QED) is 0.776. The molecule has 4 heteroatoms. The Morgan fingerprint density at radius 1 is 1.10 bits per heavy atom. The van der Waals surface area contributed by atoms with Crippen LogP contribution >= 0.6 is 0 Å². The van der Waals surface area contributed by atoms with Crippen LogP contribution < -0.4 is 4.74 Å². The number of halogens is 1. The van der Waals surface area contributed by atoms with Crippen LogP contribution in [0.15, 0.2) is 48.7 Å². The second-order valence-electron chi connectivity index (χ2n) is 4.57. The Balaban J connectivity index is 2.00. The van der Waals surface area contributed by atoms with Crippen molar-refractivity contribution in [3.63, 3.8) is 0 Å². The number of ether oxygens (including phenoxy) is 1. The number of nitrogens with zero attached hydrogens (tertiary/aromatic N) is 2. The summed E-state index contributed by atoms with van der Waals surface area (Å²) >= 11 is 0. The van der Waals surface area contributed by atoms with Crippen molar-refractivity contribution in [1.82, 2.24) is 9.88 Å². The Bertz CT molecular complexity index is 502. The van der Waals surface area contributed by atoms with Gasteiger partial charge < -0.3 is 4.74 Å². The van der Waals surface area contributed by atoms with Crippen molar-refractivity contribution in [1.29, 1.82) is 0 Å². The summed E-state index contributed by atoms with van der Waals surface area (Å²) < 4.78 is 17.8. The van der Waals surface area contributed by atoms with E-state index in [1.807, 2.05) is 47.4 Å². The lowest BCUT2D eigenvalue weighted by atomic mass is 10.2. The van der Waals surface area contributed by atoms with Crippen LogP contribution in [0.25, 0.3) is 0 Å². The van der Waals surface area contributed by atoms with Gasteiger partial charge in [-0.1, -0.05) is 18.2 Å². The van der Waals surface area contributed by atoms with Crippen LogP contribution in [0.5, 0.6) is 5.75 Å². The third-order valence-electron chi connectivity index (χ3n) is 3.08. The molecule has 0 N–H and O–H groups in total. The molecule has 0 fully saturated rings. The van der Waals surface area contributed by atoms with Gasteiger partial charge in [0.25, 0.3) is 0 Å². The number of aromatic nitrogens is 1. The van der Waals surface area contributed by atoms with Crippen LogP contribution in [0.1, 0.15) is 11.3 Å². The molecular formula is C16H19FN2O. The molecule has 0 aliphatic carbocycles. The third-order valence-corrected chi connectivity index (χ3v) is 3.08. The van der Waals surface area contributed by atoms with Crippen molar-refractivity contribution in [2.75, 3.05) is 20.3 Å². The molecule has 2 aromatic rings. The molecule has 0 saturated carbocycles. The van der Waals surface area contributed by atoms with E-state index in [0.717, 1.165) is 17.0 Å². The van der Waals surface area contributed by atoms with E-state index >= 15 is 0 Å². The molecule has 106 valence electrons. The van der Waals surface area contributed by atoms with E-state index in [1.165, 1.54) is 0 Å². The largest absolute Gasteiger partial charge is 0.497 e. The van der Waals surface area contributed by atoms with Crippen molar-refractivity contribution in [3.05, 3.63) is 59.9 Å². The van der Waals surface area contributed by atoms with E-state index in [0.29, 0.717) is 19.6 Å². The lowest BCUT2D eigenvalue weighted by molar-refractivity contribution is 0.230. The first-order valence-electron chi connectivity index (χ1n) is 6.63. The van der Waals surface area contributed by atoms with Gasteiger partial charge in [0.15, 0.2) is 0 Å². The van der Waals surface area contributed by atoms with Crippen molar-refractivity contribution in [3.8, 4) is 5.75 Å². The molecule has 0 radical (unpaired) electrons. The maximum atomic E-state index is 12.7. The number of rotatable bonds is 7. The molecule has 20 heavy (non-hydrogen) atoms. The first-order chi connectivity index (χ1) is 9.81. The fourth-order valence-corrected chi connectivity index (χ4v) is 2.04. The minimum absolute atomic E-state index is 0.358. The van der Waals surface area contributed by atoms with Gasteiger partial charge in [-0.2, -0.15) is 0 Å². The molecule has 0 aliphatic heterocycles. The van der Waals surface area contributed by atoms with E-state index in [4.69, 9.17) is 4.74 Å². The summed E-state index contributed by atoms with van der Waals surface area (Å²) in [6, 6.07) is 13.6. The van der Waals surface area contributed by atoms with E-state index in [2.05, 4.69) is 4.98 Å². The fraction of sp³-hybridized carbons (Fsp3) is 0.312. The Morgan fingerprint density at radius 2 is 1.90 bits per heavy atom. The average molecular weight is 274 g/mol. The summed E-state index contributed by atoms with van der Waals surface area (Å²) in [4.78, 5) is 6.33. The van der Waals surface area contributed by atoms with Gasteiger partial charge in [-0.3, -0.25) is 9.88 Å². The summed E-state index contributed by atoms with van der Waals surface area (Å²) in [6.45, 7) is 1.40. The molecule has 0 unspecified atom stereocenters. The lowest BCUT2D eigenvalue weighted by Crippen LogP contribution is -2.25. The van der Waals surface area contributed by atoms with Gasteiger partial charge in [-0.05, 0) is 29.8 Å². The van der Waals surface area contributed by atoms with Gasteiger partial charge in [-0.15, -0.1) is 0 Å². The van der Waals surface area contributed by atoms with Crippen LogP contribution in [0, 0.1) is 0 Å². The molecule has 1 heterocycles. The molecule has 1 aromatic heterocycles. The van der Waals surface area contributed by atoms with E-state index in [1.54, 1.807) is 13.3 Å². The molecule has 3 nitrogen and oxygen atoms in total. The van der Waals surface area contributed by atoms with Gasteiger partial charge in [0.05, 0.1) is 12.8 Å². The molecule has 1 aromatic carbocycles. The topological polar surface area (TPSA) is 25.4 Å². The molecule has 0 amide bonds. The summed E-state index contributed by atoms with van der Waals surface area (Å²) in [7, 11) is 1.64. The zero-order valence-corrected chi connectivity index (χ0v) is 11.6. The van der Waals surface area contributed by atoms with Crippen LogP contribution in [0.2, 0.25) is 0 Å². The number of pyridine rings is 1. The Kier molecular flexibility index (Phi) is 5.50. The predicted molar refractivity (Wildman–Crippen MR) is 77.3 cm³/mol. The Labute approximate surface area is 119 Å². The normalized spacial score (nSPS) is 10.8. The molecule has 0 atom stereocenters. The first kappa shape index (κ1) is 14.5. The first-order valence-corrected chi connectivity index (χ1v) is 6.63. The minimum Gasteiger partial charge on any atom is -0.497 e. The summed E-state index contributed by atoms with van der Waals surface area (Å²) in [5, 5.41) is 0. The Morgan fingerprint density at radius 3 is 2.50 bits per heavy atom. The standard InChI is InChI=1S/C16H19FN2O/c1-20-16-7-5-14(6-8-16)12-19(11-9-17)13-15-4-2-3-10-18-15/h2-8,10H,9,11-13H2,1H3. The number of hydrogen-bond acceptors (Lipinski definition) is 3. The van der Waals surface area contributed by atoms with Gasteiger partial charge >= 0.3 is 0 Å². The molecule has 2 rings (SSSR count). The average Bonchev–Trinajstić information content (AvgIpc) is 2.49. The summed E-state index contributed by atoms with van der Waals surface area (Å²) in [5.41, 5.74) is 2.09. The minimum atomic E-state index is -0.358. The number of methoxy groups -OCH3 is 1. The molecule has 0 bridgehead atoms. The van der Waals surface area contributed by atoms with Crippen LogP contribution in [-0.2, 0) is 13.1 Å². The highest BCUT2D eigenvalue weighted by atomic mass is 19.1. The molecule has 0 aliphatic rings. The van der Waals surface area contributed by atoms with Crippen molar-refractivity contribution in [2.45, 2.75) is 13.1 Å². The SMILES string of the molecule is COc1ccc(CN(CCF)Cc2ccccn2)cc1. The predicted octanol–water partition coefficient (Wildman–Crippen LogP) is 3.06. The smallest absolute Gasteiger partial charge is 0.118 e. The molecule has 0 spiro atoms. The molecular weight excluding hydrogens is 255 g/mol. The fourth-order valence-electron chi connectivity index (χ4n) is 2.04. The van der Waals surface area contributed by atoms with Gasteiger partial charge in [-0.25, -0.2) is 4.39 Å². The van der Waals surface area contributed by atoms with Crippen molar-refractivity contribution >= 4 is 0 Å². The number of benzene rings is 1. The number of alkyl halides is 1. The monoisotopic (exact) mass is 274 g/mol. The summed E-state index contributed by atoms with van der Waals surface area (Å²) in [5.74, 6) is 0.829. The maximum Gasteiger partial charge on any atom is 0.118 e. The third kappa shape index (κ3) is 4.31. The Hall–Kier alpha value is -1.94. The second kappa shape index (κ2) is 7.60. The highest BCUT2D eigenvalue weighted by Gasteiger charge is 2.07. The van der Waals surface area contributed by atoms with E-state index in [9.17, 15) is 4.39 Å². The van der Waals surface area contributed by atoms with Crippen LogP contribution in [0.3, 0.4) is 0 Å². The van der Waals surface area contributed by atoms with Gasteiger partial charge in [0.2, 0.25) is 0 Å². The maximum absolute atomic E-state index is 12.7. The highest BCUT2D eigenvalue weighted by Crippen LogP contribution is 2.14. The molecule has 0 saturated heterocycles.